The third-order valence-electron chi connectivity index (χ3n) is 4.42. The van der Waals surface area contributed by atoms with Crippen LogP contribution < -0.4 is 10.7 Å². The van der Waals surface area contributed by atoms with Crippen molar-refractivity contribution in [2.24, 2.45) is 0 Å². The Hall–Kier alpha value is -3.43. The van der Waals surface area contributed by atoms with Gasteiger partial charge in [-0.2, -0.15) is 0 Å². The summed E-state index contributed by atoms with van der Waals surface area (Å²) in [6, 6.07) is 3.51. The number of amides is 5. The summed E-state index contributed by atoms with van der Waals surface area (Å²) < 4.78 is 5.26. The Balaban J connectivity index is 1.86. The number of rotatable bonds is 3. The van der Waals surface area contributed by atoms with E-state index < -0.39 is 41.4 Å². The second-order valence-corrected chi connectivity index (χ2v) is 7.83. The van der Waals surface area contributed by atoms with Gasteiger partial charge in [0.2, 0.25) is 11.8 Å². The molecular formula is C19H22N4O6. The number of hydrazine groups is 1. The van der Waals surface area contributed by atoms with Gasteiger partial charge < -0.3 is 4.74 Å². The monoisotopic (exact) mass is 402 g/mol. The number of ether oxygens (including phenoxy) is 1. The highest BCUT2D eigenvalue weighted by Crippen LogP contribution is 2.32. The van der Waals surface area contributed by atoms with E-state index in [2.05, 4.69) is 10.7 Å². The molecule has 2 aliphatic rings. The standard InChI is InChI=1S/C19H22N4O6/c1-19(2,3)29-18(28)22(4)21-11-7-5-6-10-14(11)17(27)23(16(10)26)12-8-9-13(24)20-15(12)25/h5-7,12,21H,8-9H2,1-4H3,(H,20,24,25). The van der Waals surface area contributed by atoms with Crippen LogP contribution in [0.1, 0.15) is 54.3 Å². The molecule has 2 N–H and O–H groups in total. The molecule has 3 rings (SSSR count). The first-order chi connectivity index (χ1) is 13.5. The van der Waals surface area contributed by atoms with Gasteiger partial charge in [0.25, 0.3) is 11.8 Å². The van der Waals surface area contributed by atoms with E-state index in [4.69, 9.17) is 4.74 Å². The lowest BCUT2D eigenvalue weighted by atomic mass is 10.0. The van der Waals surface area contributed by atoms with Crippen molar-refractivity contribution in [2.75, 3.05) is 12.5 Å². The number of piperidine rings is 1. The van der Waals surface area contributed by atoms with E-state index in [0.717, 1.165) is 9.91 Å². The van der Waals surface area contributed by atoms with E-state index in [1.165, 1.54) is 13.1 Å². The summed E-state index contributed by atoms with van der Waals surface area (Å²) in [6.45, 7) is 5.16. The number of carbonyl (C=O) groups excluding carboxylic acids is 5. The number of imide groups is 2. The Kier molecular flexibility index (Phi) is 5.04. The highest BCUT2D eigenvalue weighted by Gasteiger charge is 2.45. The maximum Gasteiger partial charge on any atom is 0.428 e. The minimum atomic E-state index is -1.06. The second-order valence-electron chi connectivity index (χ2n) is 7.83. The van der Waals surface area contributed by atoms with Crippen LogP contribution >= 0.6 is 0 Å². The first-order valence-electron chi connectivity index (χ1n) is 9.07. The molecule has 1 saturated heterocycles. The summed E-state index contributed by atoms with van der Waals surface area (Å²) in [4.78, 5) is 62.4. The molecular weight excluding hydrogens is 380 g/mol. The molecule has 0 aliphatic carbocycles. The van der Waals surface area contributed by atoms with Gasteiger partial charge in [-0.15, -0.1) is 0 Å². The fraction of sp³-hybridized carbons (Fsp3) is 0.421. The van der Waals surface area contributed by atoms with Gasteiger partial charge >= 0.3 is 6.09 Å². The predicted octanol–water partition coefficient (Wildman–Crippen LogP) is 1.28. The number of fused-ring (bicyclic) bond motifs is 1. The summed E-state index contributed by atoms with van der Waals surface area (Å²) in [5.74, 6) is -2.41. The number of carbonyl (C=O) groups is 5. The van der Waals surface area contributed by atoms with Crippen molar-refractivity contribution in [3.63, 3.8) is 0 Å². The summed E-state index contributed by atoms with van der Waals surface area (Å²) in [5.41, 5.74) is 2.45. The smallest absolute Gasteiger partial charge is 0.428 e. The lowest BCUT2D eigenvalue weighted by molar-refractivity contribution is -0.136. The number of hydrogen-bond acceptors (Lipinski definition) is 7. The number of benzene rings is 1. The molecule has 2 aliphatic heterocycles. The van der Waals surface area contributed by atoms with Gasteiger partial charge in [0, 0.05) is 13.5 Å². The van der Waals surface area contributed by atoms with Crippen LogP contribution in [0.4, 0.5) is 10.5 Å². The zero-order valence-electron chi connectivity index (χ0n) is 16.6. The zero-order valence-corrected chi connectivity index (χ0v) is 16.6. The van der Waals surface area contributed by atoms with Crippen molar-refractivity contribution in [1.82, 2.24) is 15.2 Å². The molecule has 10 heteroatoms. The van der Waals surface area contributed by atoms with Crippen LogP contribution in [-0.2, 0) is 14.3 Å². The molecule has 5 amide bonds. The lowest BCUT2D eigenvalue weighted by Crippen LogP contribution is -2.54. The molecule has 1 aromatic carbocycles. The van der Waals surface area contributed by atoms with Crippen molar-refractivity contribution >= 4 is 35.4 Å². The van der Waals surface area contributed by atoms with Gasteiger partial charge in [-0.1, -0.05) is 6.07 Å². The molecule has 1 fully saturated rings. The van der Waals surface area contributed by atoms with E-state index in [-0.39, 0.29) is 29.7 Å². The van der Waals surface area contributed by atoms with E-state index in [9.17, 15) is 24.0 Å². The second kappa shape index (κ2) is 7.19. The molecule has 154 valence electrons. The van der Waals surface area contributed by atoms with Gasteiger partial charge in [0.15, 0.2) is 0 Å². The third kappa shape index (κ3) is 3.91. The number of hydrogen-bond donors (Lipinski definition) is 2. The highest BCUT2D eigenvalue weighted by molar-refractivity contribution is 6.25. The Morgan fingerprint density at radius 2 is 1.90 bits per heavy atom. The van der Waals surface area contributed by atoms with Gasteiger partial charge in [0.05, 0.1) is 16.8 Å². The highest BCUT2D eigenvalue weighted by atomic mass is 16.6. The Bertz CT molecular complexity index is 920. The lowest BCUT2D eigenvalue weighted by Gasteiger charge is -2.28. The van der Waals surface area contributed by atoms with Crippen LogP contribution in [-0.4, -0.2) is 58.3 Å². The van der Waals surface area contributed by atoms with Crippen LogP contribution in [0.2, 0.25) is 0 Å². The molecule has 0 aromatic heterocycles. The van der Waals surface area contributed by atoms with E-state index in [1.54, 1.807) is 32.9 Å². The summed E-state index contributed by atoms with van der Waals surface area (Å²) in [7, 11) is 1.42. The van der Waals surface area contributed by atoms with Crippen molar-refractivity contribution in [2.45, 2.75) is 45.3 Å². The van der Waals surface area contributed by atoms with Crippen LogP contribution in [0.5, 0.6) is 0 Å². The first-order valence-corrected chi connectivity index (χ1v) is 9.07. The third-order valence-corrected chi connectivity index (χ3v) is 4.42. The Morgan fingerprint density at radius 3 is 2.52 bits per heavy atom. The molecule has 1 unspecified atom stereocenters. The summed E-state index contributed by atoms with van der Waals surface area (Å²) in [5, 5.41) is 3.21. The first kappa shape index (κ1) is 20.3. The van der Waals surface area contributed by atoms with Crippen LogP contribution in [0.15, 0.2) is 18.2 Å². The molecule has 29 heavy (non-hydrogen) atoms. The van der Waals surface area contributed by atoms with Crippen LogP contribution in [0, 0.1) is 0 Å². The van der Waals surface area contributed by atoms with Gasteiger partial charge in [0.1, 0.15) is 11.6 Å². The zero-order chi connectivity index (χ0) is 21.5. The molecule has 0 bridgehead atoms. The van der Waals surface area contributed by atoms with Crippen LogP contribution in [0.25, 0.3) is 0 Å². The quantitative estimate of drug-likeness (QED) is 0.576. The van der Waals surface area contributed by atoms with Crippen molar-refractivity contribution < 1.29 is 28.7 Å². The molecule has 2 heterocycles. The molecule has 0 spiro atoms. The number of anilines is 1. The van der Waals surface area contributed by atoms with Gasteiger partial charge in [-0.3, -0.25) is 34.8 Å². The van der Waals surface area contributed by atoms with Gasteiger partial charge in [-0.25, -0.2) is 9.80 Å². The fourth-order valence-corrected chi connectivity index (χ4v) is 3.16. The molecule has 0 saturated carbocycles. The summed E-state index contributed by atoms with van der Waals surface area (Å²) in [6.07, 6.45) is -0.568. The fourth-order valence-electron chi connectivity index (χ4n) is 3.16. The van der Waals surface area contributed by atoms with E-state index >= 15 is 0 Å². The predicted molar refractivity (Wildman–Crippen MR) is 101 cm³/mol. The van der Waals surface area contributed by atoms with Crippen molar-refractivity contribution in [3.8, 4) is 0 Å². The topological polar surface area (TPSA) is 125 Å². The summed E-state index contributed by atoms with van der Waals surface area (Å²) >= 11 is 0. The van der Waals surface area contributed by atoms with Crippen LogP contribution in [0.3, 0.4) is 0 Å². The maximum atomic E-state index is 13.0. The molecule has 10 nitrogen and oxygen atoms in total. The van der Waals surface area contributed by atoms with Crippen molar-refractivity contribution in [1.29, 1.82) is 0 Å². The normalized spacial score (nSPS) is 19.0. The average Bonchev–Trinajstić information content (AvgIpc) is 2.86. The molecule has 0 radical (unpaired) electrons. The number of nitrogens with one attached hydrogen (secondary N) is 2. The van der Waals surface area contributed by atoms with E-state index in [1.807, 2.05) is 0 Å². The van der Waals surface area contributed by atoms with E-state index in [0.29, 0.717) is 0 Å². The minimum absolute atomic E-state index is 0.0380. The SMILES string of the molecule is CN(Nc1cccc2c1C(=O)N(C1CCC(=O)NC1=O)C2=O)C(=O)OC(C)(C)C. The maximum absolute atomic E-state index is 13.0. The molecule has 1 aromatic rings. The Labute approximate surface area is 167 Å². The van der Waals surface area contributed by atoms with Crippen molar-refractivity contribution in [3.05, 3.63) is 29.3 Å². The minimum Gasteiger partial charge on any atom is -0.442 e. The number of nitrogens with zero attached hydrogens (tertiary/aromatic N) is 2. The Morgan fingerprint density at radius 1 is 1.21 bits per heavy atom. The van der Waals surface area contributed by atoms with Gasteiger partial charge in [-0.05, 0) is 39.3 Å². The largest absolute Gasteiger partial charge is 0.442 e. The molecule has 1 atom stereocenters. The average molecular weight is 402 g/mol.